The molecule has 0 fully saturated rings. The minimum absolute atomic E-state index is 0.353. The van der Waals surface area contributed by atoms with Crippen LogP contribution in [0.2, 0.25) is 0 Å². The number of benzene rings is 1. The van der Waals surface area contributed by atoms with E-state index in [9.17, 15) is 9.90 Å². The fourth-order valence-corrected chi connectivity index (χ4v) is 2.65. The van der Waals surface area contributed by atoms with E-state index in [2.05, 4.69) is 25.2 Å². The van der Waals surface area contributed by atoms with Gasteiger partial charge in [-0.05, 0) is 55.5 Å². The molecule has 4 heteroatoms. The summed E-state index contributed by atoms with van der Waals surface area (Å²) in [5, 5.41) is 13.5. The number of carboxylic acids is 1. The number of hydrogen-bond acceptors (Lipinski definition) is 3. The highest BCUT2D eigenvalue weighted by Crippen LogP contribution is 2.23. The summed E-state index contributed by atoms with van der Waals surface area (Å²) in [6.45, 7) is 9.25. The number of aliphatic carboxylic acids is 1. The molecule has 1 heterocycles. The first kappa shape index (κ1) is 16.6. The fourth-order valence-electron chi connectivity index (χ4n) is 2.65. The van der Waals surface area contributed by atoms with Gasteiger partial charge in [-0.3, -0.25) is 4.79 Å². The molecule has 0 saturated carbocycles. The van der Waals surface area contributed by atoms with Gasteiger partial charge in [0.1, 0.15) is 11.3 Å². The second-order valence-electron chi connectivity index (χ2n) is 6.48. The third kappa shape index (κ3) is 4.10. The molecule has 1 aromatic carbocycles. The van der Waals surface area contributed by atoms with E-state index in [-0.39, 0.29) is 5.92 Å². The summed E-state index contributed by atoms with van der Waals surface area (Å²) in [5.74, 6) is 0.125. The minimum Gasteiger partial charge on any atom is -0.481 e. The lowest BCUT2D eigenvalue weighted by atomic mass is 9.97. The number of fused-ring (bicyclic) bond motifs is 1. The quantitative estimate of drug-likeness (QED) is 0.814. The molecule has 2 N–H and O–H groups in total. The zero-order valence-corrected chi connectivity index (χ0v) is 13.8. The SMILES string of the molecule is Cc1cc2cc(CNCC(CC(C)C)C(=O)O)oc2cc1C. The number of hydrogen-bond donors (Lipinski definition) is 2. The number of aryl methyl sites for hydroxylation is 2. The Hall–Kier alpha value is -1.81. The van der Waals surface area contributed by atoms with Crippen LogP contribution in [0.3, 0.4) is 0 Å². The van der Waals surface area contributed by atoms with E-state index in [0.29, 0.717) is 25.4 Å². The molecule has 0 aliphatic heterocycles. The van der Waals surface area contributed by atoms with Crippen molar-refractivity contribution in [1.29, 1.82) is 0 Å². The predicted octanol–water partition coefficient (Wildman–Crippen LogP) is 3.89. The highest BCUT2D eigenvalue weighted by Gasteiger charge is 2.18. The zero-order chi connectivity index (χ0) is 16.3. The van der Waals surface area contributed by atoms with E-state index in [1.54, 1.807) is 0 Å². The van der Waals surface area contributed by atoms with E-state index in [1.807, 2.05) is 26.0 Å². The highest BCUT2D eigenvalue weighted by atomic mass is 16.4. The summed E-state index contributed by atoms with van der Waals surface area (Å²) in [5.41, 5.74) is 3.34. The Labute approximate surface area is 131 Å². The number of nitrogens with one attached hydrogen (secondary N) is 1. The Morgan fingerprint density at radius 1 is 1.23 bits per heavy atom. The largest absolute Gasteiger partial charge is 0.481 e. The first-order valence-corrected chi connectivity index (χ1v) is 7.80. The van der Waals surface area contributed by atoms with Gasteiger partial charge in [-0.2, -0.15) is 0 Å². The van der Waals surface area contributed by atoms with Gasteiger partial charge in [0, 0.05) is 11.9 Å². The summed E-state index contributed by atoms with van der Waals surface area (Å²) in [4.78, 5) is 11.2. The Bertz CT molecular complexity index is 619. The molecule has 0 radical (unpaired) electrons. The Balaban J connectivity index is 1.98. The molecule has 2 rings (SSSR count). The summed E-state index contributed by atoms with van der Waals surface area (Å²) in [6.07, 6.45) is 0.681. The van der Waals surface area contributed by atoms with Crippen LogP contribution in [0, 0.1) is 25.7 Å². The van der Waals surface area contributed by atoms with Gasteiger partial charge < -0.3 is 14.8 Å². The number of carboxylic acid groups (broad SMARTS) is 1. The van der Waals surface area contributed by atoms with E-state index in [4.69, 9.17) is 4.42 Å². The smallest absolute Gasteiger partial charge is 0.307 e. The third-order valence-corrected chi connectivity index (χ3v) is 3.98. The van der Waals surface area contributed by atoms with Crippen LogP contribution in [0.5, 0.6) is 0 Å². The number of furan rings is 1. The van der Waals surface area contributed by atoms with Gasteiger partial charge in [0.15, 0.2) is 0 Å². The molecular formula is C18H25NO3. The molecule has 0 bridgehead atoms. The van der Waals surface area contributed by atoms with Crippen molar-refractivity contribution in [3.05, 3.63) is 35.1 Å². The van der Waals surface area contributed by atoms with Crippen molar-refractivity contribution in [3.63, 3.8) is 0 Å². The minimum atomic E-state index is -0.739. The van der Waals surface area contributed by atoms with Gasteiger partial charge in [0.05, 0.1) is 12.5 Å². The molecule has 22 heavy (non-hydrogen) atoms. The van der Waals surface area contributed by atoms with Crippen LogP contribution >= 0.6 is 0 Å². The zero-order valence-electron chi connectivity index (χ0n) is 13.8. The van der Waals surface area contributed by atoms with Gasteiger partial charge in [-0.1, -0.05) is 13.8 Å². The topological polar surface area (TPSA) is 62.5 Å². The average molecular weight is 303 g/mol. The van der Waals surface area contributed by atoms with Crippen molar-refractivity contribution in [2.75, 3.05) is 6.54 Å². The van der Waals surface area contributed by atoms with Crippen molar-refractivity contribution in [1.82, 2.24) is 5.32 Å². The standard InChI is InChI=1S/C18H25NO3/c1-11(2)5-15(18(20)21)9-19-10-16-8-14-6-12(3)13(4)7-17(14)22-16/h6-8,11,15,19H,5,9-10H2,1-4H3,(H,20,21). The maximum absolute atomic E-state index is 11.2. The molecule has 0 amide bonds. The Morgan fingerprint density at radius 2 is 1.91 bits per heavy atom. The molecule has 4 nitrogen and oxygen atoms in total. The van der Waals surface area contributed by atoms with Gasteiger partial charge in [-0.25, -0.2) is 0 Å². The molecule has 2 aromatic rings. The van der Waals surface area contributed by atoms with E-state index < -0.39 is 5.97 Å². The van der Waals surface area contributed by atoms with Crippen LogP contribution in [0.1, 0.15) is 37.2 Å². The molecule has 0 spiro atoms. The van der Waals surface area contributed by atoms with Gasteiger partial charge in [-0.15, -0.1) is 0 Å². The lowest BCUT2D eigenvalue weighted by molar-refractivity contribution is -0.142. The van der Waals surface area contributed by atoms with Crippen LogP contribution in [0.15, 0.2) is 22.6 Å². The van der Waals surface area contributed by atoms with E-state index >= 15 is 0 Å². The van der Waals surface area contributed by atoms with Gasteiger partial charge >= 0.3 is 5.97 Å². The molecule has 0 aliphatic rings. The maximum atomic E-state index is 11.2. The molecule has 1 unspecified atom stereocenters. The monoisotopic (exact) mass is 303 g/mol. The second kappa shape index (κ2) is 6.97. The molecule has 0 saturated heterocycles. The van der Waals surface area contributed by atoms with Gasteiger partial charge in [0.2, 0.25) is 0 Å². The predicted molar refractivity (Wildman–Crippen MR) is 88.0 cm³/mol. The van der Waals surface area contributed by atoms with Crippen molar-refractivity contribution in [3.8, 4) is 0 Å². The van der Waals surface area contributed by atoms with Gasteiger partial charge in [0.25, 0.3) is 0 Å². The highest BCUT2D eigenvalue weighted by molar-refractivity contribution is 5.79. The number of carbonyl (C=O) groups is 1. The lowest BCUT2D eigenvalue weighted by Gasteiger charge is -2.14. The van der Waals surface area contributed by atoms with Crippen molar-refractivity contribution >= 4 is 16.9 Å². The first-order valence-electron chi connectivity index (χ1n) is 7.80. The van der Waals surface area contributed by atoms with E-state index in [1.165, 1.54) is 11.1 Å². The summed E-state index contributed by atoms with van der Waals surface area (Å²) in [7, 11) is 0. The molecule has 120 valence electrons. The maximum Gasteiger partial charge on any atom is 0.307 e. The molecule has 1 aromatic heterocycles. The first-order chi connectivity index (χ1) is 10.4. The molecule has 1 atom stereocenters. The van der Waals surface area contributed by atoms with Crippen LogP contribution < -0.4 is 5.32 Å². The molecular weight excluding hydrogens is 278 g/mol. The average Bonchev–Trinajstić information content (AvgIpc) is 2.79. The summed E-state index contributed by atoms with van der Waals surface area (Å²) in [6, 6.07) is 6.19. The second-order valence-corrected chi connectivity index (χ2v) is 6.48. The Morgan fingerprint density at radius 3 is 2.55 bits per heavy atom. The van der Waals surface area contributed by atoms with E-state index in [0.717, 1.165) is 16.7 Å². The third-order valence-electron chi connectivity index (χ3n) is 3.98. The lowest BCUT2D eigenvalue weighted by Crippen LogP contribution is -2.29. The van der Waals surface area contributed by atoms with Crippen LogP contribution in [-0.4, -0.2) is 17.6 Å². The van der Waals surface area contributed by atoms with Crippen LogP contribution in [-0.2, 0) is 11.3 Å². The fraction of sp³-hybridized carbons (Fsp3) is 0.500. The summed E-state index contributed by atoms with van der Waals surface area (Å²) >= 11 is 0. The Kier molecular flexibility index (Phi) is 5.24. The number of rotatable bonds is 7. The van der Waals surface area contributed by atoms with Crippen LogP contribution in [0.4, 0.5) is 0 Å². The van der Waals surface area contributed by atoms with Crippen molar-refractivity contribution in [2.24, 2.45) is 11.8 Å². The molecule has 0 aliphatic carbocycles. The van der Waals surface area contributed by atoms with Crippen molar-refractivity contribution < 1.29 is 14.3 Å². The summed E-state index contributed by atoms with van der Waals surface area (Å²) < 4.78 is 5.82. The normalized spacial score (nSPS) is 13.0. The van der Waals surface area contributed by atoms with Crippen molar-refractivity contribution in [2.45, 2.75) is 40.7 Å². The van der Waals surface area contributed by atoms with Crippen LogP contribution in [0.25, 0.3) is 11.0 Å².